The molecule has 2 aliphatic heterocycles. The number of carbonyl (C=O) groups is 1. The van der Waals surface area contributed by atoms with Crippen LogP contribution in [-0.4, -0.2) is 65.7 Å². The molecule has 1 amide bonds. The highest BCUT2D eigenvalue weighted by atomic mass is 35.5. The Hall–Kier alpha value is -1.14. The van der Waals surface area contributed by atoms with Crippen LogP contribution < -0.4 is 0 Å². The van der Waals surface area contributed by atoms with Crippen LogP contribution in [0.2, 0.25) is 0 Å². The van der Waals surface area contributed by atoms with Crippen molar-refractivity contribution >= 4 is 18.3 Å². The third-order valence-electron chi connectivity index (χ3n) is 6.78. The van der Waals surface area contributed by atoms with E-state index in [4.69, 9.17) is 4.74 Å². The molecule has 5 nitrogen and oxygen atoms in total. The highest BCUT2D eigenvalue weighted by molar-refractivity contribution is 5.94. The van der Waals surface area contributed by atoms with Gasteiger partial charge in [0.15, 0.2) is 0 Å². The number of benzene rings is 1. The van der Waals surface area contributed by atoms with E-state index >= 15 is 0 Å². The Labute approximate surface area is 187 Å². The van der Waals surface area contributed by atoms with E-state index in [1.807, 2.05) is 29.2 Å². The summed E-state index contributed by atoms with van der Waals surface area (Å²) in [6.45, 7) is 8.34. The predicted molar refractivity (Wildman–Crippen MR) is 121 cm³/mol. The molecule has 3 aliphatic rings. The van der Waals surface area contributed by atoms with Crippen molar-refractivity contribution in [2.24, 2.45) is 5.92 Å². The Morgan fingerprint density at radius 3 is 2.33 bits per heavy atom. The van der Waals surface area contributed by atoms with Crippen LogP contribution in [0.25, 0.3) is 0 Å². The fourth-order valence-corrected chi connectivity index (χ4v) is 4.63. The topological polar surface area (TPSA) is 53.0 Å². The van der Waals surface area contributed by atoms with Crippen LogP contribution in [0, 0.1) is 5.92 Å². The molecule has 168 valence electrons. The average Bonchev–Trinajstić information content (AvgIpc) is 3.56. The Kier molecular flexibility index (Phi) is 7.83. The fraction of sp³-hybridized carbons (Fsp3) is 0.708. The van der Waals surface area contributed by atoms with Gasteiger partial charge in [-0.3, -0.25) is 9.69 Å². The summed E-state index contributed by atoms with van der Waals surface area (Å²) in [4.78, 5) is 17.5. The summed E-state index contributed by atoms with van der Waals surface area (Å²) < 4.78 is 6.15. The van der Waals surface area contributed by atoms with Crippen LogP contribution in [0.15, 0.2) is 24.3 Å². The van der Waals surface area contributed by atoms with Crippen molar-refractivity contribution in [1.29, 1.82) is 0 Å². The maximum absolute atomic E-state index is 12.9. The number of amides is 1. The number of rotatable bonds is 6. The van der Waals surface area contributed by atoms with Gasteiger partial charge in [0.2, 0.25) is 0 Å². The van der Waals surface area contributed by atoms with Crippen LogP contribution in [0.3, 0.4) is 0 Å². The number of likely N-dealkylation sites (tertiary alicyclic amines) is 2. The molecule has 30 heavy (non-hydrogen) atoms. The van der Waals surface area contributed by atoms with E-state index in [-0.39, 0.29) is 18.3 Å². The molecule has 0 bridgehead atoms. The third kappa shape index (κ3) is 5.97. The Morgan fingerprint density at radius 2 is 1.73 bits per heavy atom. The summed E-state index contributed by atoms with van der Waals surface area (Å²) in [5.74, 6) is 0.937. The van der Waals surface area contributed by atoms with Crippen LogP contribution in [0.5, 0.6) is 0 Å². The van der Waals surface area contributed by atoms with Crippen LogP contribution in [-0.2, 0) is 10.3 Å². The number of halogens is 1. The number of aliphatic hydroxyl groups is 1. The fourth-order valence-electron chi connectivity index (χ4n) is 4.63. The van der Waals surface area contributed by atoms with Gasteiger partial charge in [0.25, 0.3) is 5.91 Å². The maximum Gasteiger partial charge on any atom is 0.253 e. The van der Waals surface area contributed by atoms with Crippen molar-refractivity contribution in [1.82, 2.24) is 9.80 Å². The standard InChI is InChI=1S/C24H36N2O3.ClH/c1-24(2,28)20-9-7-19(8-10-20)23(27)25-14-11-21(12-15-25)26-13-3-4-22(16-26)29-17-18-5-6-18;/h7-10,18,21-22,28H,3-6,11-17H2,1-2H3;1H. The molecule has 1 aromatic carbocycles. The quantitative estimate of drug-likeness (QED) is 0.736. The van der Waals surface area contributed by atoms with E-state index in [1.54, 1.807) is 13.8 Å². The lowest BCUT2D eigenvalue weighted by atomic mass is 9.96. The van der Waals surface area contributed by atoms with E-state index in [9.17, 15) is 9.90 Å². The summed E-state index contributed by atoms with van der Waals surface area (Å²) in [5, 5.41) is 10.1. The largest absolute Gasteiger partial charge is 0.386 e. The molecule has 1 atom stereocenters. The Balaban J connectivity index is 0.00000256. The minimum atomic E-state index is -0.880. The number of carbonyl (C=O) groups excluding carboxylic acids is 1. The molecule has 1 saturated carbocycles. The SMILES string of the molecule is CC(C)(O)c1ccc(C(=O)N2CCC(N3CCCC(OCC4CC4)C3)CC2)cc1.Cl. The summed E-state index contributed by atoms with van der Waals surface area (Å²) in [5.41, 5.74) is 0.661. The van der Waals surface area contributed by atoms with Gasteiger partial charge in [0.1, 0.15) is 0 Å². The number of nitrogens with zero attached hydrogens (tertiary/aromatic N) is 2. The van der Waals surface area contributed by atoms with Crippen molar-refractivity contribution in [2.45, 2.75) is 70.1 Å². The van der Waals surface area contributed by atoms with Crippen LogP contribution >= 0.6 is 12.4 Å². The molecule has 1 aliphatic carbocycles. The molecule has 4 rings (SSSR count). The molecular weight excluding hydrogens is 400 g/mol. The van der Waals surface area contributed by atoms with Gasteiger partial charge in [0.05, 0.1) is 11.7 Å². The second kappa shape index (κ2) is 9.99. The molecule has 0 radical (unpaired) electrons. The first-order valence-corrected chi connectivity index (χ1v) is 11.4. The number of piperidine rings is 2. The molecule has 1 N–H and O–H groups in total. The van der Waals surface area contributed by atoms with E-state index in [0.29, 0.717) is 17.7 Å². The lowest BCUT2D eigenvalue weighted by Gasteiger charge is -2.42. The number of hydrogen-bond donors (Lipinski definition) is 1. The minimum absolute atomic E-state index is 0. The van der Waals surface area contributed by atoms with Crippen molar-refractivity contribution in [3.8, 4) is 0 Å². The molecule has 6 heteroatoms. The number of hydrogen-bond acceptors (Lipinski definition) is 4. The first kappa shape index (κ1) is 23.5. The highest BCUT2D eigenvalue weighted by Gasteiger charge is 2.32. The molecule has 0 aromatic heterocycles. The van der Waals surface area contributed by atoms with E-state index in [1.165, 1.54) is 32.2 Å². The lowest BCUT2D eigenvalue weighted by molar-refractivity contribution is -0.0244. The zero-order valence-electron chi connectivity index (χ0n) is 18.4. The van der Waals surface area contributed by atoms with Gasteiger partial charge in [-0.2, -0.15) is 0 Å². The molecule has 2 saturated heterocycles. The summed E-state index contributed by atoms with van der Waals surface area (Å²) in [6, 6.07) is 7.97. The molecule has 2 heterocycles. The smallest absolute Gasteiger partial charge is 0.253 e. The summed E-state index contributed by atoms with van der Waals surface area (Å²) in [6.07, 6.45) is 7.61. The molecule has 1 aromatic rings. The monoisotopic (exact) mass is 436 g/mol. The van der Waals surface area contributed by atoms with Gasteiger partial charge in [-0.25, -0.2) is 0 Å². The van der Waals surface area contributed by atoms with E-state index < -0.39 is 5.60 Å². The van der Waals surface area contributed by atoms with Crippen molar-refractivity contribution in [3.63, 3.8) is 0 Å². The molecular formula is C24H37ClN2O3. The zero-order chi connectivity index (χ0) is 20.4. The normalized spacial score (nSPS) is 23.8. The first-order valence-electron chi connectivity index (χ1n) is 11.4. The van der Waals surface area contributed by atoms with Gasteiger partial charge in [-0.1, -0.05) is 12.1 Å². The van der Waals surface area contributed by atoms with Crippen molar-refractivity contribution in [3.05, 3.63) is 35.4 Å². The predicted octanol–water partition coefficient (Wildman–Crippen LogP) is 3.83. The zero-order valence-corrected chi connectivity index (χ0v) is 19.2. The Bertz CT molecular complexity index is 691. The number of ether oxygens (including phenoxy) is 1. The van der Waals surface area contributed by atoms with Gasteiger partial charge >= 0.3 is 0 Å². The van der Waals surface area contributed by atoms with Crippen LogP contribution in [0.4, 0.5) is 0 Å². The first-order chi connectivity index (χ1) is 13.9. The van der Waals surface area contributed by atoms with Gasteiger partial charge < -0.3 is 14.7 Å². The van der Waals surface area contributed by atoms with Crippen LogP contribution in [0.1, 0.15) is 68.3 Å². The van der Waals surface area contributed by atoms with Crippen molar-refractivity contribution < 1.29 is 14.6 Å². The minimum Gasteiger partial charge on any atom is -0.386 e. The Morgan fingerprint density at radius 1 is 1.07 bits per heavy atom. The van der Waals surface area contributed by atoms with Gasteiger partial charge in [0, 0.05) is 37.8 Å². The lowest BCUT2D eigenvalue weighted by Crippen LogP contribution is -2.51. The van der Waals surface area contributed by atoms with E-state index in [2.05, 4.69) is 4.90 Å². The van der Waals surface area contributed by atoms with Crippen molar-refractivity contribution in [2.75, 3.05) is 32.8 Å². The summed E-state index contributed by atoms with van der Waals surface area (Å²) >= 11 is 0. The van der Waals surface area contributed by atoms with E-state index in [0.717, 1.165) is 50.6 Å². The second-order valence-electron chi connectivity index (χ2n) is 9.70. The maximum atomic E-state index is 12.9. The summed E-state index contributed by atoms with van der Waals surface area (Å²) in [7, 11) is 0. The van der Waals surface area contributed by atoms with Gasteiger partial charge in [-0.15, -0.1) is 12.4 Å². The molecule has 1 unspecified atom stereocenters. The average molecular weight is 437 g/mol. The molecule has 3 fully saturated rings. The van der Waals surface area contributed by atoms with Gasteiger partial charge in [-0.05, 0) is 82.5 Å². The third-order valence-corrected chi connectivity index (χ3v) is 6.78. The molecule has 0 spiro atoms. The second-order valence-corrected chi connectivity index (χ2v) is 9.70. The highest BCUT2D eigenvalue weighted by Crippen LogP contribution is 2.30.